The van der Waals surface area contributed by atoms with E-state index in [0.717, 1.165) is 29.1 Å². The predicted molar refractivity (Wildman–Crippen MR) is 113 cm³/mol. The van der Waals surface area contributed by atoms with Crippen LogP contribution in [0, 0.1) is 0 Å². The summed E-state index contributed by atoms with van der Waals surface area (Å²) in [5, 5.41) is 6.80. The molecule has 0 atom stereocenters. The third-order valence-electron chi connectivity index (χ3n) is 4.61. The van der Waals surface area contributed by atoms with Gasteiger partial charge in [0.1, 0.15) is 17.4 Å². The van der Waals surface area contributed by atoms with Crippen molar-refractivity contribution in [2.24, 2.45) is 5.73 Å². The summed E-state index contributed by atoms with van der Waals surface area (Å²) in [6.45, 7) is 1.13. The first-order valence-electron chi connectivity index (χ1n) is 8.99. The average Bonchev–Trinajstić information content (AvgIpc) is 3.48. The summed E-state index contributed by atoms with van der Waals surface area (Å²) in [5.41, 5.74) is 7.30. The number of nitrogens with zero attached hydrogens (tertiary/aromatic N) is 2. The van der Waals surface area contributed by atoms with E-state index >= 15 is 0 Å². The highest BCUT2D eigenvalue weighted by atomic mass is 32.2. The molecule has 2 N–H and O–H groups in total. The number of amides is 1. The molecule has 1 saturated heterocycles. The van der Waals surface area contributed by atoms with Gasteiger partial charge in [-0.05, 0) is 42.5 Å². The topological polar surface area (TPSA) is 103 Å². The van der Waals surface area contributed by atoms with E-state index < -0.39 is 15.9 Å². The van der Waals surface area contributed by atoms with Gasteiger partial charge < -0.3 is 10.5 Å². The summed E-state index contributed by atoms with van der Waals surface area (Å²) in [7, 11) is -3.64. The summed E-state index contributed by atoms with van der Waals surface area (Å²) in [4.78, 5) is 16.5. The Kier molecular flexibility index (Phi) is 5.68. The third kappa shape index (κ3) is 4.20. The van der Waals surface area contributed by atoms with Crippen molar-refractivity contribution >= 4 is 38.6 Å². The average molecular weight is 450 g/mol. The summed E-state index contributed by atoms with van der Waals surface area (Å²) < 4.78 is 32.7. The Bertz CT molecular complexity index is 1120. The second-order valence-electron chi connectivity index (χ2n) is 6.58. The molecule has 3 heterocycles. The molecule has 7 nitrogen and oxygen atoms in total. The molecule has 1 aromatic carbocycles. The zero-order valence-corrected chi connectivity index (χ0v) is 17.9. The highest BCUT2D eigenvalue weighted by molar-refractivity contribution is 7.89. The van der Waals surface area contributed by atoms with E-state index in [4.69, 9.17) is 10.5 Å². The standard InChI is InChI=1S/C19H19N3O4S3/c20-18(23)16-9-15(29(24,25)22-6-1-2-7-22)3-4-17(16)26-10-14-12-28-19(21-14)13-5-8-27-11-13/h3-5,8-9,11-12H,1-2,6-7,10H2,(H2,20,23). The fraction of sp³-hybridized carbons (Fsp3) is 0.263. The number of ether oxygens (including phenoxy) is 1. The number of aromatic nitrogens is 1. The first-order valence-corrected chi connectivity index (χ1v) is 12.3. The monoisotopic (exact) mass is 449 g/mol. The van der Waals surface area contributed by atoms with Crippen LogP contribution >= 0.6 is 22.7 Å². The minimum absolute atomic E-state index is 0.0403. The first-order chi connectivity index (χ1) is 13.9. The largest absolute Gasteiger partial charge is 0.486 e. The molecule has 10 heteroatoms. The molecule has 1 aliphatic rings. The van der Waals surface area contributed by atoms with Crippen molar-refractivity contribution in [3.63, 3.8) is 0 Å². The Morgan fingerprint density at radius 3 is 2.69 bits per heavy atom. The number of sulfonamides is 1. The van der Waals surface area contributed by atoms with Gasteiger partial charge in [-0.2, -0.15) is 15.6 Å². The van der Waals surface area contributed by atoms with E-state index in [2.05, 4.69) is 4.98 Å². The number of thiazole rings is 1. The number of carbonyl (C=O) groups is 1. The van der Waals surface area contributed by atoms with E-state index in [0.29, 0.717) is 13.1 Å². The summed E-state index contributed by atoms with van der Waals surface area (Å²) in [5.74, 6) is -0.501. The van der Waals surface area contributed by atoms with Crippen LogP contribution in [-0.2, 0) is 16.6 Å². The molecule has 4 rings (SSSR count). The Morgan fingerprint density at radius 1 is 1.21 bits per heavy atom. The van der Waals surface area contributed by atoms with Gasteiger partial charge in [0.05, 0.1) is 16.2 Å². The molecule has 2 aromatic heterocycles. The van der Waals surface area contributed by atoms with Gasteiger partial charge >= 0.3 is 0 Å². The number of rotatable bonds is 7. The molecule has 0 aliphatic carbocycles. The Labute approximate surface area is 176 Å². The Hall–Kier alpha value is -2.27. The number of benzene rings is 1. The zero-order chi connectivity index (χ0) is 20.4. The normalized spacial score (nSPS) is 14.9. The number of thiophene rings is 1. The highest BCUT2D eigenvalue weighted by Crippen LogP contribution is 2.29. The Morgan fingerprint density at radius 2 is 2.00 bits per heavy atom. The third-order valence-corrected chi connectivity index (χ3v) is 8.13. The van der Waals surface area contributed by atoms with E-state index in [1.54, 1.807) is 11.3 Å². The molecule has 0 radical (unpaired) electrons. The molecular formula is C19H19N3O4S3. The lowest BCUT2D eigenvalue weighted by Gasteiger charge is -2.17. The van der Waals surface area contributed by atoms with Gasteiger partial charge in [-0.15, -0.1) is 11.3 Å². The number of nitrogens with two attached hydrogens (primary N) is 1. The van der Waals surface area contributed by atoms with Gasteiger partial charge in [0.15, 0.2) is 0 Å². The first kappa shape index (κ1) is 20.0. The Balaban J connectivity index is 1.54. The van der Waals surface area contributed by atoms with Crippen molar-refractivity contribution in [1.29, 1.82) is 0 Å². The fourth-order valence-corrected chi connectivity index (χ4v) is 6.17. The summed E-state index contributed by atoms with van der Waals surface area (Å²) >= 11 is 3.11. The van der Waals surface area contributed by atoms with Crippen molar-refractivity contribution in [2.45, 2.75) is 24.3 Å². The van der Waals surface area contributed by atoms with Crippen molar-refractivity contribution in [3.8, 4) is 16.3 Å². The molecule has 0 saturated carbocycles. The second kappa shape index (κ2) is 8.23. The number of hydrogen-bond acceptors (Lipinski definition) is 7. The number of primary amides is 1. The minimum Gasteiger partial charge on any atom is -0.486 e. The van der Waals surface area contributed by atoms with Crippen LogP contribution in [0.4, 0.5) is 0 Å². The lowest BCUT2D eigenvalue weighted by molar-refractivity contribution is 0.0995. The van der Waals surface area contributed by atoms with Crippen LogP contribution in [0.25, 0.3) is 10.6 Å². The molecule has 1 aliphatic heterocycles. The molecular weight excluding hydrogens is 430 g/mol. The second-order valence-corrected chi connectivity index (χ2v) is 10.2. The lowest BCUT2D eigenvalue weighted by atomic mass is 10.2. The molecule has 0 unspecified atom stereocenters. The summed E-state index contributed by atoms with van der Waals surface area (Å²) in [6, 6.07) is 6.23. The smallest absolute Gasteiger partial charge is 0.252 e. The molecule has 29 heavy (non-hydrogen) atoms. The van der Waals surface area contributed by atoms with E-state index in [1.165, 1.54) is 33.8 Å². The van der Waals surface area contributed by atoms with Crippen molar-refractivity contribution in [1.82, 2.24) is 9.29 Å². The maximum atomic E-state index is 12.7. The zero-order valence-electron chi connectivity index (χ0n) is 15.4. The SMILES string of the molecule is NC(=O)c1cc(S(=O)(=O)N2CCCC2)ccc1OCc1csc(-c2ccsc2)n1. The lowest BCUT2D eigenvalue weighted by Crippen LogP contribution is -2.28. The van der Waals surface area contributed by atoms with Gasteiger partial charge in [0.2, 0.25) is 10.0 Å². The fourth-order valence-electron chi connectivity index (χ4n) is 3.11. The molecule has 1 amide bonds. The van der Waals surface area contributed by atoms with Gasteiger partial charge in [-0.1, -0.05) is 0 Å². The van der Waals surface area contributed by atoms with Crippen LogP contribution < -0.4 is 10.5 Å². The molecule has 0 bridgehead atoms. The number of hydrogen-bond donors (Lipinski definition) is 1. The predicted octanol–water partition coefficient (Wildman–Crippen LogP) is 3.33. The van der Waals surface area contributed by atoms with Crippen LogP contribution in [0.15, 0.2) is 45.3 Å². The van der Waals surface area contributed by atoms with Crippen LogP contribution in [-0.4, -0.2) is 36.7 Å². The van der Waals surface area contributed by atoms with Crippen LogP contribution in [0.1, 0.15) is 28.9 Å². The summed E-state index contributed by atoms with van der Waals surface area (Å²) in [6.07, 6.45) is 1.67. The van der Waals surface area contributed by atoms with Crippen LogP contribution in [0.2, 0.25) is 0 Å². The van der Waals surface area contributed by atoms with Gasteiger partial charge in [-0.3, -0.25) is 4.79 Å². The maximum absolute atomic E-state index is 12.7. The maximum Gasteiger partial charge on any atom is 0.252 e. The molecule has 152 valence electrons. The molecule has 0 spiro atoms. The molecule has 1 fully saturated rings. The van der Waals surface area contributed by atoms with Gasteiger partial charge in [0, 0.05) is 29.4 Å². The molecule has 3 aromatic rings. The van der Waals surface area contributed by atoms with Crippen LogP contribution in [0.3, 0.4) is 0 Å². The quantitative estimate of drug-likeness (QED) is 0.596. The van der Waals surface area contributed by atoms with Gasteiger partial charge in [0.25, 0.3) is 5.91 Å². The van der Waals surface area contributed by atoms with E-state index in [9.17, 15) is 13.2 Å². The van der Waals surface area contributed by atoms with E-state index in [1.807, 2.05) is 22.2 Å². The minimum atomic E-state index is -3.64. The highest BCUT2D eigenvalue weighted by Gasteiger charge is 2.28. The van der Waals surface area contributed by atoms with Crippen molar-refractivity contribution < 1.29 is 17.9 Å². The van der Waals surface area contributed by atoms with Gasteiger partial charge in [-0.25, -0.2) is 13.4 Å². The van der Waals surface area contributed by atoms with Crippen LogP contribution in [0.5, 0.6) is 5.75 Å². The van der Waals surface area contributed by atoms with Crippen molar-refractivity contribution in [3.05, 3.63) is 51.7 Å². The van der Waals surface area contributed by atoms with Crippen molar-refractivity contribution in [2.75, 3.05) is 13.1 Å². The van der Waals surface area contributed by atoms with E-state index in [-0.39, 0.29) is 22.8 Å². The number of carbonyl (C=O) groups excluding carboxylic acids is 1.